The summed E-state index contributed by atoms with van der Waals surface area (Å²) in [5, 5.41) is 4.85. The lowest BCUT2D eigenvalue weighted by Gasteiger charge is -2.06. The van der Waals surface area contributed by atoms with E-state index in [0.29, 0.717) is 0 Å². The van der Waals surface area contributed by atoms with Crippen molar-refractivity contribution in [1.29, 1.82) is 0 Å². The highest BCUT2D eigenvalue weighted by Gasteiger charge is 2.04. The molecule has 1 heterocycles. The Morgan fingerprint density at radius 1 is 0.444 bits per heavy atom. The molecule has 0 bridgehead atoms. The minimum absolute atomic E-state index is 1.33. The largest absolute Gasteiger partial charge is 0.152 e. The van der Waals surface area contributed by atoms with Crippen LogP contribution in [0.15, 0.2) is 10.8 Å². The van der Waals surface area contributed by atoms with Crippen molar-refractivity contribution in [2.24, 2.45) is 0 Å². The Morgan fingerprint density at radius 2 is 0.741 bits per heavy atom. The second-order valence-corrected chi connectivity index (χ2v) is 9.32. The van der Waals surface area contributed by atoms with Gasteiger partial charge in [-0.25, -0.2) is 0 Å². The van der Waals surface area contributed by atoms with E-state index in [4.69, 9.17) is 0 Å². The zero-order valence-electron chi connectivity index (χ0n) is 18.7. The molecule has 1 rings (SSSR count). The minimum Gasteiger partial charge on any atom is -0.152 e. The Labute approximate surface area is 175 Å². The minimum atomic E-state index is 1.33. The van der Waals surface area contributed by atoms with Gasteiger partial charge in [-0.2, -0.15) is 11.3 Å². The summed E-state index contributed by atoms with van der Waals surface area (Å²) in [5.41, 5.74) is 3.34. The van der Waals surface area contributed by atoms with Gasteiger partial charge in [0.1, 0.15) is 0 Å². The van der Waals surface area contributed by atoms with Crippen LogP contribution >= 0.6 is 11.3 Å². The molecule has 27 heavy (non-hydrogen) atoms. The molecule has 0 spiro atoms. The smallest absolute Gasteiger partial charge is 0.00584 e. The highest BCUT2D eigenvalue weighted by molar-refractivity contribution is 7.08. The molecule has 0 N–H and O–H groups in total. The SMILES string of the molecule is CCCCCCCCCCCc1cscc1CCCCCCCCCCC. The molecule has 1 heteroatoms. The van der Waals surface area contributed by atoms with Crippen LogP contribution in [0.1, 0.15) is 141 Å². The number of hydrogen-bond donors (Lipinski definition) is 0. The molecule has 1 aromatic rings. The van der Waals surface area contributed by atoms with Crippen LogP contribution in [0, 0.1) is 0 Å². The summed E-state index contributed by atoms with van der Waals surface area (Å²) in [5.74, 6) is 0. The van der Waals surface area contributed by atoms with Gasteiger partial charge in [0.25, 0.3) is 0 Å². The van der Waals surface area contributed by atoms with E-state index < -0.39 is 0 Å². The molecule has 0 radical (unpaired) electrons. The van der Waals surface area contributed by atoms with Gasteiger partial charge in [-0.15, -0.1) is 0 Å². The van der Waals surface area contributed by atoms with Crippen molar-refractivity contribution >= 4 is 11.3 Å². The van der Waals surface area contributed by atoms with E-state index in [1.807, 2.05) is 11.3 Å². The second kappa shape index (κ2) is 19.0. The fourth-order valence-corrected chi connectivity index (χ4v) is 4.98. The third kappa shape index (κ3) is 14.4. The second-order valence-electron chi connectivity index (χ2n) is 8.58. The van der Waals surface area contributed by atoms with E-state index in [9.17, 15) is 0 Å². The highest BCUT2D eigenvalue weighted by Crippen LogP contribution is 2.21. The van der Waals surface area contributed by atoms with Crippen molar-refractivity contribution in [2.45, 2.75) is 142 Å². The predicted octanol–water partition coefficient (Wildman–Crippen LogP) is 9.89. The van der Waals surface area contributed by atoms with Gasteiger partial charge in [0.2, 0.25) is 0 Å². The van der Waals surface area contributed by atoms with Gasteiger partial charge >= 0.3 is 0 Å². The molecule has 0 aliphatic carbocycles. The topological polar surface area (TPSA) is 0 Å². The van der Waals surface area contributed by atoms with Gasteiger partial charge in [-0.1, -0.05) is 117 Å². The van der Waals surface area contributed by atoms with E-state index >= 15 is 0 Å². The summed E-state index contributed by atoms with van der Waals surface area (Å²) in [6, 6.07) is 0. The number of unbranched alkanes of at least 4 members (excludes halogenated alkanes) is 16. The molecule has 1 aromatic heterocycles. The average molecular weight is 393 g/mol. The van der Waals surface area contributed by atoms with E-state index in [-0.39, 0.29) is 0 Å². The Morgan fingerprint density at radius 3 is 1.07 bits per heavy atom. The first-order valence-corrected chi connectivity index (χ1v) is 13.4. The van der Waals surface area contributed by atoms with E-state index in [1.165, 1.54) is 128 Å². The molecule has 0 aliphatic heterocycles. The Bertz CT molecular complexity index is 370. The molecule has 0 fully saturated rings. The summed E-state index contributed by atoms with van der Waals surface area (Å²) in [6.07, 6.45) is 28.5. The molecule has 0 amide bonds. The summed E-state index contributed by atoms with van der Waals surface area (Å²) in [4.78, 5) is 0. The Hall–Kier alpha value is -0.300. The zero-order chi connectivity index (χ0) is 19.4. The Kier molecular flexibility index (Phi) is 17.4. The number of aryl methyl sites for hydroxylation is 2. The molecular weight excluding hydrogens is 344 g/mol. The monoisotopic (exact) mass is 392 g/mol. The van der Waals surface area contributed by atoms with Crippen LogP contribution in [-0.4, -0.2) is 0 Å². The number of thiophene rings is 1. The van der Waals surface area contributed by atoms with Crippen LogP contribution in [0.25, 0.3) is 0 Å². The standard InChI is InChI=1S/C26H48S/c1-3-5-7-9-11-13-15-17-19-21-25-23-27-24-26(25)22-20-18-16-14-12-10-8-6-4-2/h23-24H,3-22H2,1-2H3. The number of hydrogen-bond acceptors (Lipinski definition) is 1. The molecule has 0 saturated heterocycles. The van der Waals surface area contributed by atoms with Gasteiger partial charge in [0, 0.05) is 0 Å². The van der Waals surface area contributed by atoms with Crippen molar-refractivity contribution in [3.8, 4) is 0 Å². The predicted molar refractivity (Wildman–Crippen MR) is 126 cm³/mol. The van der Waals surface area contributed by atoms with Gasteiger partial charge in [0.15, 0.2) is 0 Å². The van der Waals surface area contributed by atoms with Crippen molar-refractivity contribution in [1.82, 2.24) is 0 Å². The molecular formula is C26H48S. The van der Waals surface area contributed by atoms with Crippen molar-refractivity contribution in [2.75, 3.05) is 0 Å². The summed E-state index contributed by atoms with van der Waals surface area (Å²) in [6.45, 7) is 4.60. The zero-order valence-corrected chi connectivity index (χ0v) is 19.5. The van der Waals surface area contributed by atoms with Crippen LogP contribution in [0.5, 0.6) is 0 Å². The van der Waals surface area contributed by atoms with Crippen LogP contribution in [0.2, 0.25) is 0 Å². The summed E-state index contributed by atoms with van der Waals surface area (Å²) in [7, 11) is 0. The quantitative estimate of drug-likeness (QED) is 0.194. The molecule has 0 aromatic carbocycles. The maximum absolute atomic E-state index is 2.42. The van der Waals surface area contributed by atoms with Crippen LogP contribution < -0.4 is 0 Å². The molecule has 158 valence electrons. The lowest BCUT2D eigenvalue weighted by molar-refractivity contribution is 0.561. The third-order valence-electron chi connectivity index (χ3n) is 5.93. The summed E-state index contributed by atoms with van der Waals surface area (Å²) < 4.78 is 0. The first-order valence-electron chi connectivity index (χ1n) is 12.4. The Balaban J connectivity index is 1.96. The first-order chi connectivity index (χ1) is 13.4. The molecule has 0 saturated carbocycles. The number of rotatable bonds is 20. The van der Waals surface area contributed by atoms with Crippen molar-refractivity contribution in [3.05, 3.63) is 21.9 Å². The average Bonchev–Trinajstić information content (AvgIpc) is 3.12. The molecule has 0 aliphatic rings. The first kappa shape index (κ1) is 24.7. The van der Waals surface area contributed by atoms with Gasteiger partial charge in [-0.3, -0.25) is 0 Å². The van der Waals surface area contributed by atoms with Crippen molar-refractivity contribution < 1.29 is 0 Å². The molecule has 0 unspecified atom stereocenters. The van der Waals surface area contributed by atoms with Gasteiger partial charge in [-0.05, 0) is 47.6 Å². The highest BCUT2D eigenvalue weighted by atomic mass is 32.1. The maximum atomic E-state index is 2.42. The lowest BCUT2D eigenvalue weighted by Crippen LogP contribution is -1.92. The van der Waals surface area contributed by atoms with Gasteiger partial charge in [0.05, 0.1) is 0 Å². The fraction of sp³-hybridized carbons (Fsp3) is 0.846. The normalized spacial score (nSPS) is 11.3. The lowest BCUT2D eigenvalue weighted by atomic mass is 10.00. The van der Waals surface area contributed by atoms with Crippen molar-refractivity contribution in [3.63, 3.8) is 0 Å². The fourth-order valence-electron chi connectivity index (χ4n) is 4.04. The van der Waals surface area contributed by atoms with Crippen LogP contribution in [-0.2, 0) is 12.8 Å². The molecule has 0 atom stereocenters. The van der Waals surface area contributed by atoms with Crippen LogP contribution in [0.4, 0.5) is 0 Å². The maximum Gasteiger partial charge on any atom is -0.00584 e. The van der Waals surface area contributed by atoms with Crippen LogP contribution in [0.3, 0.4) is 0 Å². The van der Waals surface area contributed by atoms with Gasteiger partial charge < -0.3 is 0 Å². The van der Waals surface area contributed by atoms with E-state index in [2.05, 4.69) is 24.6 Å². The summed E-state index contributed by atoms with van der Waals surface area (Å²) >= 11 is 1.93. The van der Waals surface area contributed by atoms with E-state index in [1.54, 1.807) is 11.1 Å². The van der Waals surface area contributed by atoms with E-state index in [0.717, 1.165) is 0 Å². The third-order valence-corrected chi connectivity index (χ3v) is 6.77. The molecule has 0 nitrogen and oxygen atoms in total.